The highest BCUT2D eigenvalue weighted by Gasteiger charge is 2.03. The van der Waals surface area contributed by atoms with Crippen molar-refractivity contribution in [1.29, 1.82) is 0 Å². The number of imidazole rings is 1. The number of hydrogen-bond donors (Lipinski definition) is 1. The van der Waals surface area contributed by atoms with Crippen molar-refractivity contribution in [1.82, 2.24) is 9.55 Å². The Hall–Kier alpha value is -1.61. The first kappa shape index (κ1) is 9.93. The molecule has 1 atom stereocenters. The van der Waals surface area contributed by atoms with Crippen molar-refractivity contribution in [2.45, 2.75) is 12.8 Å². The topological polar surface area (TPSA) is 38.0 Å². The number of aliphatic hydroxyl groups excluding tert-OH is 1. The van der Waals surface area contributed by atoms with E-state index >= 15 is 0 Å². The predicted octanol–water partition coefficient (Wildman–Crippen LogP) is 1.97. The molecule has 1 aromatic carbocycles. The van der Waals surface area contributed by atoms with Crippen LogP contribution in [0, 0.1) is 0 Å². The lowest BCUT2D eigenvalue weighted by Crippen LogP contribution is -1.99. The van der Waals surface area contributed by atoms with Crippen molar-refractivity contribution in [3.63, 3.8) is 0 Å². The normalized spacial score (nSPS) is 12.7. The summed E-state index contributed by atoms with van der Waals surface area (Å²) < 4.78 is 1.95. The molecule has 3 nitrogen and oxygen atoms in total. The van der Waals surface area contributed by atoms with Gasteiger partial charge < -0.3 is 9.67 Å². The average Bonchev–Trinajstić information content (AvgIpc) is 2.82. The highest BCUT2D eigenvalue weighted by molar-refractivity contribution is 5.35. The van der Waals surface area contributed by atoms with Gasteiger partial charge in [0.25, 0.3) is 0 Å². The maximum atomic E-state index is 9.03. The second kappa shape index (κ2) is 4.28. The molecule has 0 radical (unpaired) electrons. The second-order valence-corrected chi connectivity index (χ2v) is 3.65. The van der Waals surface area contributed by atoms with Crippen LogP contribution in [0.1, 0.15) is 18.4 Å². The van der Waals surface area contributed by atoms with Gasteiger partial charge in [0.1, 0.15) is 0 Å². The fourth-order valence-corrected chi connectivity index (χ4v) is 1.49. The van der Waals surface area contributed by atoms with Crippen LogP contribution in [0.2, 0.25) is 0 Å². The second-order valence-electron chi connectivity index (χ2n) is 3.65. The smallest absolute Gasteiger partial charge is 0.0991 e. The molecule has 2 rings (SSSR count). The molecule has 78 valence electrons. The highest BCUT2D eigenvalue weighted by atomic mass is 16.3. The molecular formula is C12H14N2O. The molecule has 0 spiro atoms. The zero-order valence-corrected chi connectivity index (χ0v) is 8.67. The SMILES string of the molecule is CC(CO)c1ccc(-n2ccnc2)cc1. The fourth-order valence-electron chi connectivity index (χ4n) is 1.49. The maximum absolute atomic E-state index is 9.03. The molecule has 0 aliphatic heterocycles. The van der Waals surface area contributed by atoms with Gasteiger partial charge in [-0.3, -0.25) is 0 Å². The molecule has 1 heterocycles. The zero-order valence-electron chi connectivity index (χ0n) is 8.67. The van der Waals surface area contributed by atoms with Gasteiger partial charge in [-0.1, -0.05) is 19.1 Å². The van der Waals surface area contributed by atoms with E-state index < -0.39 is 0 Å². The van der Waals surface area contributed by atoms with Crippen LogP contribution in [-0.2, 0) is 0 Å². The molecule has 0 amide bonds. The van der Waals surface area contributed by atoms with Crippen LogP contribution >= 0.6 is 0 Å². The van der Waals surface area contributed by atoms with Crippen LogP contribution in [0.4, 0.5) is 0 Å². The first-order chi connectivity index (χ1) is 7.31. The predicted molar refractivity (Wildman–Crippen MR) is 59.1 cm³/mol. The molecule has 1 aromatic heterocycles. The van der Waals surface area contributed by atoms with E-state index in [1.807, 2.05) is 42.0 Å². The van der Waals surface area contributed by atoms with E-state index in [4.69, 9.17) is 5.11 Å². The van der Waals surface area contributed by atoms with Crippen molar-refractivity contribution in [3.05, 3.63) is 48.5 Å². The number of aromatic nitrogens is 2. The molecule has 0 aliphatic rings. The van der Waals surface area contributed by atoms with E-state index in [1.165, 1.54) is 0 Å². The quantitative estimate of drug-likeness (QED) is 0.826. The Labute approximate surface area is 89.0 Å². The Morgan fingerprint density at radius 1 is 1.33 bits per heavy atom. The lowest BCUT2D eigenvalue weighted by molar-refractivity contribution is 0.273. The molecule has 0 aliphatic carbocycles. The number of nitrogens with zero attached hydrogens (tertiary/aromatic N) is 2. The summed E-state index contributed by atoms with van der Waals surface area (Å²) in [7, 11) is 0. The zero-order chi connectivity index (χ0) is 10.7. The van der Waals surface area contributed by atoms with Gasteiger partial charge in [0, 0.05) is 30.6 Å². The van der Waals surface area contributed by atoms with E-state index in [0.29, 0.717) is 0 Å². The molecule has 0 bridgehead atoms. The molecule has 0 saturated heterocycles. The van der Waals surface area contributed by atoms with Gasteiger partial charge in [-0.25, -0.2) is 4.98 Å². The fraction of sp³-hybridized carbons (Fsp3) is 0.250. The standard InChI is InChI=1S/C12H14N2O/c1-10(8-15)11-2-4-12(5-3-11)14-7-6-13-9-14/h2-7,9-10,15H,8H2,1H3. The largest absolute Gasteiger partial charge is 0.396 e. The molecule has 15 heavy (non-hydrogen) atoms. The molecule has 0 fully saturated rings. The summed E-state index contributed by atoms with van der Waals surface area (Å²) in [5.74, 6) is 0.196. The third kappa shape index (κ3) is 2.07. The first-order valence-electron chi connectivity index (χ1n) is 5.00. The summed E-state index contributed by atoms with van der Waals surface area (Å²) in [5, 5.41) is 9.03. The van der Waals surface area contributed by atoms with Crippen molar-refractivity contribution in [2.75, 3.05) is 6.61 Å². The summed E-state index contributed by atoms with van der Waals surface area (Å²) in [6.45, 7) is 2.19. The Balaban J connectivity index is 2.25. The van der Waals surface area contributed by atoms with Gasteiger partial charge in [-0.15, -0.1) is 0 Å². The summed E-state index contributed by atoms with van der Waals surface area (Å²) in [4.78, 5) is 4.00. The van der Waals surface area contributed by atoms with Crippen molar-refractivity contribution in [2.24, 2.45) is 0 Å². The van der Waals surface area contributed by atoms with Crippen molar-refractivity contribution in [3.8, 4) is 5.69 Å². The summed E-state index contributed by atoms with van der Waals surface area (Å²) >= 11 is 0. The number of benzene rings is 1. The van der Waals surface area contributed by atoms with Gasteiger partial charge in [0.05, 0.1) is 6.33 Å². The Bertz CT molecular complexity index is 406. The molecule has 2 aromatic rings. The highest BCUT2D eigenvalue weighted by Crippen LogP contribution is 2.16. The summed E-state index contributed by atoms with van der Waals surface area (Å²) in [5.41, 5.74) is 2.24. The minimum absolute atomic E-state index is 0.185. The maximum Gasteiger partial charge on any atom is 0.0991 e. The van der Waals surface area contributed by atoms with E-state index in [0.717, 1.165) is 11.3 Å². The summed E-state index contributed by atoms with van der Waals surface area (Å²) in [6.07, 6.45) is 5.43. The van der Waals surface area contributed by atoms with Crippen LogP contribution < -0.4 is 0 Å². The van der Waals surface area contributed by atoms with E-state index in [1.54, 1.807) is 12.5 Å². The first-order valence-corrected chi connectivity index (χ1v) is 5.00. The van der Waals surface area contributed by atoms with E-state index in [-0.39, 0.29) is 12.5 Å². The van der Waals surface area contributed by atoms with Gasteiger partial charge in [-0.2, -0.15) is 0 Å². The van der Waals surface area contributed by atoms with Crippen LogP contribution in [0.3, 0.4) is 0 Å². The monoisotopic (exact) mass is 202 g/mol. The Kier molecular flexibility index (Phi) is 2.83. The average molecular weight is 202 g/mol. The third-order valence-corrected chi connectivity index (χ3v) is 2.54. The summed E-state index contributed by atoms with van der Waals surface area (Å²) in [6, 6.07) is 8.14. The Morgan fingerprint density at radius 3 is 2.60 bits per heavy atom. The minimum atomic E-state index is 0.185. The van der Waals surface area contributed by atoms with E-state index in [2.05, 4.69) is 4.98 Å². The number of hydrogen-bond acceptors (Lipinski definition) is 2. The molecule has 1 unspecified atom stereocenters. The van der Waals surface area contributed by atoms with Crippen LogP contribution in [-0.4, -0.2) is 21.3 Å². The van der Waals surface area contributed by atoms with Gasteiger partial charge >= 0.3 is 0 Å². The van der Waals surface area contributed by atoms with Crippen LogP contribution in [0.5, 0.6) is 0 Å². The Morgan fingerprint density at radius 2 is 2.07 bits per heavy atom. The van der Waals surface area contributed by atoms with Gasteiger partial charge in [0.15, 0.2) is 0 Å². The molecule has 0 saturated carbocycles. The molecule has 3 heteroatoms. The minimum Gasteiger partial charge on any atom is -0.396 e. The van der Waals surface area contributed by atoms with Crippen molar-refractivity contribution >= 4 is 0 Å². The third-order valence-electron chi connectivity index (χ3n) is 2.54. The van der Waals surface area contributed by atoms with Gasteiger partial charge in [0.2, 0.25) is 0 Å². The van der Waals surface area contributed by atoms with Gasteiger partial charge in [-0.05, 0) is 17.7 Å². The molecular weight excluding hydrogens is 188 g/mol. The molecule has 1 N–H and O–H groups in total. The van der Waals surface area contributed by atoms with E-state index in [9.17, 15) is 0 Å². The van der Waals surface area contributed by atoms with Crippen LogP contribution in [0.15, 0.2) is 43.0 Å². The lowest BCUT2D eigenvalue weighted by atomic mass is 10.0. The van der Waals surface area contributed by atoms with Crippen LogP contribution in [0.25, 0.3) is 5.69 Å². The number of aliphatic hydroxyl groups is 1. The number of rotatable bonds is 3. The lowest BCUT2D eigenvalue weighted by Gasteiger charge is -2.09. The van der Waals surface area contributed by atoms with Crippen molar-refractivity contribution < 1.29 is 5.11 Å².